The van der Waals surface area contributed by atoms with Gasteiger partial charge in [0, 0.05) is 18.5 Å². The monoisotopic (exact) mass is 393 g/mol. The third kappa shape index (κ3) is 3.21. The second-order valence-electron chi connectivity index (χ2n) is 5.40. The van der Waals surface area contributed by atoms with Crippen LogP contribution in [-0.4, -0.2) is 36.8 Å². The van der Waals surface area contributed by atoms with E-state index in [2.05, 4.69) is 19.8 Å². The van der Waals surface area contributed by atoms with Gasteiger partial charge in [-0.15, -0.1) is 18.3 Å². The molecule has 3 aromatic heterocycles. The number of hydrogen-bond donors (Lipinski definition) is 0. The SMILES string of the molecule is CSc1nc2ncc3c(=O)n(-c4cccc(OC(F)(F)F)c4)ccc3n2n1. The lowest BCUT2D eigenvalue weighted by Gasteiger charge is -2.11. The fourth-order valence-corrected chi connectivity index (χ4v) is 2.96. The van der Waals surface area contributed by atoms with Gasteiger partial charge in [0.1, 0.15) is 5.75 Å². The van der Waals surface area contributed by atoms with Gasteiger partial charge in [0.15, 0.2) is 0 Å². The maximum atomic E-state index is 12.8. The number of hydrogen-bond acceptors (Lipinski definition) is 6. The van der Waals surface area contributed by atoms with Crippen LogP contribution >= 0.6 is 11.8 Å². The fraction of sp³-hybridized carbons (Fsp3) is 0.125. The van der Waals surface area contributed by atoms with Crippen molar-refractivity contribution in [2.45, 2.75) is 11.5 Å². The average Bonchev–Trinajstić information content (AvgIpc) is 3.04. The van der Waals surface area contributed by atoms with Gasteiger partial charge in [-0.3, -0.25) is 9.36 Å². The fourth-order valence-electron chi connectivity index (χ4n) is 2.62. The van der Waals surface area contributed by atoms with Gasteiger partial charge in [-0.1, -0.05) is 17.8 Å². The summed E-state index contributed by atoms with van der Waals surface area (Å²) in [6.07, 6.45) is -0.167. The zero-order chi connectivity index (χ0) is 19.2. The summed E-state index contributed by atoms with van der Waals surface area (Å²) in [5, 5.41) is 5.03. The lowest BCUT2D eigenvalue weighted by atomic mass is 10.2. The van der Waals surface area contributed by atoms with Crippen molar-refractivity contribution in [2.24, 2.45) is 0 Å². The Balaban J connectivity index is 1.86. The smallest absolute Gasteiger partial charge is 0.406 e. The van der Waals surface area contributed by atoms with E-state index in [0.717, 1.165) is 12.1 Å². The Morgan fingerprint density at radius 1 is 1.22 bits per heavy atom. The highest BCUT2D eigenvalue weighted by atomic mass is 32.2. The molecule has 4 rings (SSSR count). The highest BCUT2D eigenvalue weighted by Crippen LogP contribution is 2.24. The number of benzene rings is 1. The van der Waals surface area contributed by atoms with Crippen molar-refractivity contribution in [1.29, 1.82) is 0 Å². The molecule has 11 heteroatoms. The van der Waals surface area contributed by atoms with E-state index in [1.807, 2.05) is 6.26 Å². The van der Waals surface area contributed by atoms with Gasteiger partial charge in [0.05, 0.1) is 16.6 Å². The minimum atomic E-state index is -4.81. The predicted octanol–water partition coefficient (Wildman–Crippen LogP) is 3.05. The van der Waals surface area contributed by atoms with Crippen molar-refractivity contribution in [3.63, 3.8) is 0 Å². The van der Waals surface area contributed by atoms with Crippen LogP contribution in [0.25, 0.3) is 22.4 Å². The van der Waals surface area contributed by atoms with E-state index in [4.69, 9.17) is 0 Å². The van der Waals surface area contributed by atoms with Gasteiger partial charge in [0.2, 0.25) is 5.16 Å². The van der Waals surface area contributed by atoms with Crippen LogP contribution in [0.1, 0.15) is 0 Å². The molecule has 0 bridgehead atoms. The van der Waals surface area contributed by atoms with E-state index in [0.29, 0.717) is 16.5 Å². The van der Waals surface area contributed by atoms with E-state index in [9.17, 15) is 18.0 Å². The Morgan fingerprint density at radius 2 is 2.04 bits per heavy atom. The minimum absolute atomic E-state index is 0.229. The Morgan fingerprint density at radius 3 is 2.78 bits per heavy atom. The molecule has 0 unspecified atom stereocenters. The van der Waals surface area contributed by atoms with Crippen LogP contribution in [-0.2, 0) is 0 Å². The normalized spacial score (nSPS) is 12.0. The molecule has 4 aromatic rings. The number of alkyl halides is 3. The summed E-state index contributed by atoms with van der Waals surface area (Å²) in [7, 11) is 0. The third-order valence-electron chi connectivity index (χ3n) is 3.73. The first-order chi connectivity index (χ1) is 12.9. The van der Waals surface area contributed by atoms with Gasteiger partial charge in [-0.05, 0) is 24.5 Å². The van der Waals surface area contributed by atoms with Gasteiger partial charge in [-0.25, -0.2) is 4.98 Å². The van der Waals surface area contributed by atoms with Crippen LogP contribution in [0.15, 0.2) is 52.7 Å². The van der Waals surface area contributed by atoms with Gasteiger partial charge in [0.25, 0.3) is 11.3 Å². The van der Waals surface area contributed by atoms with Crippen molar-refractivity contribution in [1.82, 2.24) is 24.1 Å². The van der Waals surface area contributed by atoms with Crippen molar-refractivity contribution in [3.05, 3.63) is 53.1 Å². The first kappa shape index (κ1) is 17.3. The van der Waals surface area contributed by atoms with Crippen molar-refractivity contribution in [3.8, 4) is 11.4 Å². The van der Waals surface area contributed by atoms with Crippen LogP contribution < -0.4 is 10.3 Å². The summed E-state index contributed by atoms with van der Waals surface area (Å²) in [4.78, 5) is 21.2. The summed E-state index contributed by atoms with van der Waals surface area (Å²) >= 11 is 1.34. The molecule has 7 nitrogen and oxygen atoms in total. The predicted molar refractivity (Wildman–Crippen MR) is 92.3 cm³/mol. The van der Waals surface area contributed by atoms with Gasteiger partial charge in [-0.2, -0.15) is 9.50 Å². The second-order valence-corrected chi connectivity index (χ2v) is 6.18. The number of rotatable bonds is 3. The summed E-state index contributed by atoms with van der Waals surface area (Å²) < 4.78 is 43.9. The highest BCUT2D eigenvalue weighted by molar-refractivity contribution is 7.98. The summed E-state index contributed by atoms with van der Waals surface area (Å²) in [6, 6.07) is 6.80. The molecule has 1 aromatic carbocycles. The van der Waals surface area contributed by atoms with Crippen molar-refractivity contribution in [2.75, 3.05) is 6.26 Å². The van der Waals surface area contributed by atoms with Crippen LogP contribution in [0.2, 0.25) is 0 Å². The molecule has 0 spiro atoms. The van der Waals surface area contributed by atoms with E-state index in [-0.39, 0.29) is 11.1 Å². The number of aromatic nitrogens is 5. The minimum Gasteiger partial charge on any atom is -0.406 e. The first-order valence-corrected chi connectivity index (χ1v) is 8.75. The van der Waals surface area contributed by atoms with Crippen LogP contribution in [0, 0.1) is 0 Å². The molecular weight excluding hydrogens is 383 g/mol. The Bertz CT molecular complexity index is 1220. The Hall–Kier alpha value is -3.08. The average molecular weight is 393 g/mol. The zero-order valence-corrected chi connectivity index (χ0v) is 14.5. The quantitative estimate of drug-likeness (QED) is 0.498. The molecule has 0 saturated heterocycles. The Labute approximate surface area is 153 Å². The van der Waals surface area contributed by atoms with E-state index in [1.54, 1.807) is 6.07 Å². The third-order valence-corrected chi connectivity index (χ3v) is 4.26. The molecule has 0 N–H and O–H groups in total. The maximum Gasteiger partial charge on any atom is 0.573 e. The molecule has 0 fully saturated rings. The topological polar surface area (TPSA) is 74.3 Å². The molecule has 0 aliphatic carbocycles. The van der Waals surface area contributed by atoms with E-state index >= 15 is 0 Å². The van der Waals surface area contributed by atoms with Gasteiger partial charge >= 0.3 is 6.36 Å². The van der Waals surface area contributed by atoms with Crippen LogP contribution in [0.4, 0.5) is 13.2 Å². The number of ether oxygens (including phenoxy) is 1. The maximum absolute atomic E-state index is 12.8. The van der Waals surface area contributed by atoms with Crippen molar-refractivity contribution >= 4 is 28.4 Å². The molecule has 0 amide bonds. The lowest BCUT2D eigenvalue weighted by molar-refractivity contribution is -0.274. The molecule has 27 heavy (non-hydrogen) atoms. The number of pyridine rings is 1. The van der Waals surface area contributed by atoms with Crippen molar-refractivity contribution < 1.29 is 17.9 Å². The lowest BCUT2D eigenvalue weighted by Crippen LogP contribution is -2.20. The molecule has 0 saturated carbocycles. The molecule has 0 aliphatic rings. The number of halogens is 3. The van der Waals surface area contributed by atoms with E-state index < -0.39 is 17.7 Å². The summed E-state index contributed by atoms with van der Waals surface area (Å²) in [5.74, 6) is -0.0639. The molecule has 0 atom stereocenters. The second kappa shape index (κ2) is 6.27. The van der Waals surface area contributed by atoms with Gasteiger partial charge < -0.3 is 4.74 Å². The summed E-state index contributed by atoms with van der Waals surface area (Å²) in [5.41, 5.74) is 0.274. The highest BCUT2D eigenvalue weighted by Gasteiger charge is 2.31. The summed E-state index contributed by atoms with van der Waals surface area (Å²) in [6.45, 7) is 0. The van der Waals surface area contributed by atoms with Crippen LogP contribution in [0.5, 0.6) is 5.75 Å². The molecule has 3 heterocycles. The molecular formula is C16H10F3N5O2S. The zero-order valence-electron chi connectivity index (χ0n) is 13.6. The molecule has 0 radical (unpaired) electrons. The largest absolute Gasteiger partial charge is 0.573 e. The number of nitrogens with zero attached hydrogens (tertiary/aromatic N) is 5. The number of fused-ring (bicyclic) bond motifs is 3. The Kier molecular flexibility index (Phi) is 4.02. The number of thioether (sulfide) groups is 1. The molecule has 138 valence electrons. The first-order valence-electron chi connectivity index (χ1n) is 7.53. The standard InChI is InChI=1S/C16H10F3N5O2S/c1-27-15-21-14-20-8-11-12(24(14)22-15)5-6-23(13(11)25)9-3-2-4-10(7-9)26-16(17,18)19/h2-8H,1H3. The van der Waals surface area contributed by atoms with Crippen LogP contribution in [0.3, 0.4) is 0 Å². The molecule has 0 aliphatic heterocycles. The van der Waals surface area contributed by atoms with E-state index in [1.165, 1.54) is 45.4 Å².